The van der Waals surface area contributed by atoms with E-state index < -0.39 is 4.92 Å². The van der Waals surface area contributed by atoms with Crippen LogP contribution >= 0.6 is 0 Å². The van der Waals surface area contributed by atoms with Gasteiger partial charge in [-0.1, -0.05) is 6.07 Å². The molecule has 114 valence electrons. The van der Waals surface area contributed by atoms with Gasteiger partial charge in [0.15, 0.2) is 0 Å². The maximum Gasteiger partial charge on any atom is 0.293 e. The summed E-state index contributed by atoms with van der Waals surface area (Å²) in [4.78, 5) is 24.5. The molecule has 2 N–H and O–H groups in total. The van der Waals surface area contributed by atoms with Crippen molar-refractivity contribution in [1.29, 1.82) is 0 Å². The first-order valence-electron chi connectivity index (χ1n) is 6.82. The van der Waals surface area contributed by atoms with E-state index in [0.717, 1.165) is 0 Å². The number of rotatable bonds is 5. The van der Waals surface area contributed by atoms with Gasteiger partial charge in [0.05, 0.1) is 16.6 Å². The van der Waals surface area contributed by atoms with Crippen molar-refractivity contribution in [3.8, 4) is 0 Å². The minimum Gasteiger partial charge on any atom is -0.393 e. The molecule has 2 rings (SSSR count). The Balaban J connectivity index is 2.18. The SMILES string of the molecule is CNc1c(C(=O)N(C)CC2CC(O)C2)cccc1[N+](=O)[O-]. The highest BCUT2D eigenvalue weighted by Crippen LogP contribution is 2.31. The predicted octanol–water partition coefficient (Wildman–Crippen LogP) is 1.48. The number of nitrogens with one attached hydrogen (secondary N) is 1. The Hall–Kier alpha value is -2.15. The molecule has 7 nitrogen and oxygen atoms in total. The van der Waals surface area contributed by atoms with Gasteiger partial charge < -0.3 is 15.3 Å². The highest BCUT2D eigenvalue weighted by atomic mass is 16.6. The summed E-state index contributed by atoms with van der Waals surface area (Å²) in [7, 11) is 3.23. The summed E-state index contributed by atoms with van der Waals surface area (Å²) in [6, 6.07) is 4.45. The number of hydrogen-bond acceptors (Lipinski definition) is 5. The Morgan fingerprint density at radius 3 is 2.71 bits per heavy atom. The van der Waals surface area contributed by atoms with Crippen LogP contribution in [0.5, 0.6) is 0 Å². The first-order valence-corrected chi connectivity index (χ1v) is 6.82. The molecule has 0 aromatic heterocycles. The van der Waals surface area contributed by atoms with Crippen LogP contribution in [0.3, 0.4) is 0 Å². The highest BCUT2D eigenvalue weighted by Gasteiger charge is 2.30. The Bertz CT molecular complexity index is 555. The lowest BCUT2D eigenvalue weighted by atomic mass is 9.82. The molecule has 0 heterocycles. The monoisotopic (exact) mass is 293 g/mol. The summed E-state index contributed by atoms with van der Waals surface area (Å²) in [5.41, 5.74) is 0.401. The number of benzene rings is 1. The molecule has 1 aliphatic carbocycles. The van der Waals surface area contributed by atoms with Crippen molar-refractivity contribution in [3.63, 3.8) is 0 Å². The summed E-state index contributed by atoms with van der Waals surface area (Å²) >= 11 is 0. The van der Waals surface area contributed by atoms with Crippen molar-refractivity contribution in [1.82, 2.24) is 4.90 Å². The molecule has 0 unspecified atom stereocenters. The first-order chi connectivity index (χ1) is 9.93. The fourth-order valence-electron chi connectivity index (χ4n) is 2.66. The Kier molecular flexibility index (Phi) is 4.42. The Labute approximate surface area is 122 Å². The van der Waals surface area contributed by atoms with Gasteiger partial charge in [-0.15, -0.1) is 0 Å². The standard InChI is InChI=1S/C14H19N3O4/c1-15-13-11(4-3-5-12(13)17(20)21)14(19)16(2)8-9-6-10(18)7-9/h3-5,9-10,15,18H,6-8H2,1-2H3. The van der Waals surface area contributed by atoms with Crippen molar-refractivity contribution in [2.75, 3.05) is 26.0 Å². The van der Waals surface area contributed by atoms with Crippen LogP contribution in [0.25, 0.3) is 0 Å². The number of carbonyl (C=O) groups excluding carboxylic acids is 1. The average molecular weight is 293 g/mol. The number of nitro benzene ring substituents is 1. The Morgan fingerprint density at radius 1 is 1.52 bits per heavy atom. The zero-order valence-electron chi connectivity index (χ0n) is 12.1. The Morgan fingerprint density at radius 2 is 2.19 bits per heavy atom. The molecule has 0 aliphatic heterocycles. The maximum atomic E-state index is 12.5. The van der Waals surface area contributed by atoms with Gasteiger partial charge in [-0.05, 0) is 24.8 Å². The van der Waals surface area contributed by atoms with Crippen LogP contribution in [0.15, 0.2) is 18.2 Å². The summed E-state index contributed by atoms with van der Waals surface area (Å²) in [5.74, 6) is 0.0372. The van der Waals surface area contributed by atoms with E-state index in [-0.39, 0.29) is 28.9 Å². The van der Waals surface area contributed by atoms with Crippen LogP contribution in [0, 0.1) is 16.0 Å². The third-order valence-electron chi connectivity index (χ3n) is 3.81. The third-order valence-corrected chi connectivity index (χ3v) is 3.81. The smallest absolute Gasteiger partial charge is 0.293 e. The molecule has 1 saturated carbocycles. The summed E-state index contributed by atoms with van der Waals surface area (Å²) in [5, 5.41) is 23.0. The molecule has 0 spiro atoms. The van der Waals surface area contributed by atoms with E-state index in [9.17, 15) is 20.0 Å². The lowest BCUT2D eigenvalue weighted by Gasteiger charge is -2.34. The molecule has 0 atom stereocenters. The normalized spacial score (nSPS) is 20.5. The van der Waals surface area contributed by atoms with Gasteiger partial charge in [0.1, 0.15) is 5.69 Å². The second-order valence-corrected chi connectivity index (χ2v) is 5.38. The lowest BCUT2D eigenvalue weighted by Crippen LogP contribution is -2.39. The molecular weight excluding hydrogens is 274 g/mol. The zero-order valence-corrected chi connectivity index (χ0v) is 12.1. The quantitative estimate of drug-likeness (QED) is 0.633. The van der Waals surface area contributed by atoms with E-state index in [1.165, 1.54) is 12.1 Å². The number of amides is 1. The van der Waals surface area contributed by atoms with Crippen LogP contribution in [-0.4, -0.2) is 47.6 Å². The number of aliphatic hydroxyl groups excluding tert-OH is 1. The number of anilines is 1. The van der Waals surface area contributed by atoms with Gasteiger partial charge in [0.2, 0.25) is 0 Å². The maximum absolute atomic E-state index is 12.5. The third kappa shape index (κ3) is 3.13. The minimum absolute atomic E-state index is 0.115. The van der Waals surface area contributed by atoms with Gasteiger partial charge in [0, 0.05) is 26.7 Å². The van der Waals surface area contributed by atoms with Crippen molar-refractivity contribution < 1.29 is 14.8 Å². The summed E-state index contributed by atoms with van der Waals surface area (Å²) in [6.45, 7) is 0.543. The molecule has 0 bridgehead atoms. The lowest BCUT2D eigenvalue weighted by molar-refractivity contribution is -0.384. The van der Waals surface area contributed by atoms with Crippen molar-refractivity contribution in [2.45, 2.75) is 18.9 Å². The van der Waals surface area contributed by atoms with E-state index in [2.05, 4.69) is 5.32 Å². The number of para-hydroxylation sites is 1. The fourth-order valence-corrected chi connectivity index (χ4v) is 2.66. The molecule has 21 heavy (non-hydrogen) atoms. The van der Waals surface area contributed by atoms with Gasteiger partial charge in [-0.3, -0.25) is 14.9 Å². The second kappa shape index (κ2) is 6.09. The van der Waals surface area contributed by atoms with Gasteiger partial charge >= 0.3 is 0 Å². The first kappa shape index (κ1) is 15.2. The van der Waals surface area contributed by atoms with E-state index in [0.29, 0.717) is 25.3 Å². The minimum atomic E-state index is -0.509. The molecule has 0 saturated heterocycles. The number of nitrogens with zero attached hydrogens (tertiary/aromatic N) is 2. The number of nitro groups is 1. The molecule has 1 amide bonds. The highest BCUT2D eigenvalue weighted by molar-refractivity contribution is 6.01. The van der Waals surface area contributed by atoms with Gasteiger partial charge in [0.25, 0.3) is 11.6 Å². The molecule has 1 aromatic carbocycles. The van der Waals surface area contributed by atoms with Gasteiger partial charge in [-0.25, -0.2) is 0 Å². The van der Waals surface area contributed by atoms with Gasteiger partial charge in [-0.2, -0.15) is 0 Å². The molecule has 1 fully saturated rings. The van der Waals surface area contributed by atoms with E-state index >= 15 is 0 Å². The summed E-state index contributed by atoms with van der Waals surface area (Å²) < 4.78 is 0. The average Bonchev–Trinajstić information content (AvgIpc) is 2.43. The largest absolute Gasteiger partial charge is 0.393 e. The number of aliphatic hydroxyl groups is 1. The van der Waals surface area contributed by atoms with Crippen LogP contribution in [0.4, 0.5) is 11.4 Å². The van der Waals surface area contributed by atoms with Crippen molar-refractivity contribution in [3.05, 3.63) is 33.9 Å². The zero-order chi connectivity index (χ0) is 15.6. The molecular formula is C14H19N3O4. The van der Waals surface area contributed by atoms with Crippen LogP contribution < -0.4 is 5.32 Å². The topological polar surface area (TPSA) is 95.7 Å². The van der Waals surface area contributed by atoms with E-state index in [4.69, 9.17) is 0 Å². The van der Waals surface area contributed by atoms with E-state index in [1.807, 2.05) is 0 Å². The van der Waals surface area contributed by atoms with Crippen molar-refractivity contribution >= 4 is 17.3 Å². The molecule has 0 radical (unpaired) electrons. The fraction of sp³-hybridized carbons (Fsp3) is 0.500. The number of carbonyl (C=O) groups is 1. The molecule has 1 aromatic rings. The van der Waals surface area contributed by atoms with E-state index in [1.54, 1.807) is 25.1 Å². The van der Waals surface area contributed by atoms with Crippen molar-refractivity contribution in [2.24, 2.45) is 5.92 Å². The number of hydrogen-bond donors (Lipinski definition) is 2. The molecule has 1 aliphatic rings. The summed E-state index contributed by atoms with van der Waals surface area (Å²) in [6.07, 6.45) is 1.14. The van der Waals surface area contributed by atoms with Crippen LogP contribution in [0.1, 0.15) is 23.2 Å². The second-order valence-electron chi connectivity index (χ2n) is 5.38. The predicted molar refractivity (Wildman–Crippen MR) is 78.3 cm³/mol. The van der Waals surface area contributed by atoms with Crippen LogP contribution in [0.2, 0.25) is 0 Å². The van der Waals surface area contributed by atoms with Crippen LogP contribution in [-0.2, 0) is 0 Å². The molecule has 7 heteroatoms.